The summed E-state index contributed by atoms with van der Waals surface area (Å²) in [6.45, 7) is 4.55. The first-order valence-electron chi connectivity index (χ1n) is 7.18. The molecule has 0 saturated carbocycles. The van der Waals surface area contributed by atoms with Crippen molar-refractivity contribution in [1.29, 1.82) is 0 Å². The van der Waals surface area contributed by atoms with E-state index in [0.29, 0.717) is 0 Å². The van der Waals surface area contributed by atoms with Gasteiger partial charge in [0.1, 0.15) is 4.32 Å². The van der Waals surface area contributed by atoms with E-state index in [-0.39, 0.29) is 0 Å². The van der Waals surface area contributed by atoms with E-state index in [9.17, 15) is 0 Å². The highest BCUT2D eigenvalue weighted by Gasteiger charge is 2.18. The Morgan fingerprint density at radius 1 is 1.10 bits per heavy atom. The zero-order valence-electron chi connectivity index (χ0n) is 11.7. The molecule has 0 bridgehead atoms. The fraction of sp³-hybridized carbons (Fsp3) is 0.353. The third kappa shape index (κ3) is 2.99. The number of thiocarbonyl (C=S) groups is 1. The van der Waals surface area contributed by atoms with Crippen LogP contribution in [0.15, 0.2) is 47.4 Å². The topological polar surface area (TPSA) is 3.24 Å². The van der Waals surface area contributed by atoms with Crippen molar-refractivity contribution >= 4 is 39.1 Å². The number of rotatable bonds is 1. The van der Waals surface area contributed by atoms with E-state index in [2.05, 4.69) is 54.3 Å². The Kier molecular flexibility index (Phi) is 4.27. The number of fused-ring (bicyclic) bond motifs is 1. The van der Waals surface area contributed by atoms with Crippen LogP contribution in [0.25, 0.3) is 10.8 Å². The first-order chi connectivity index (χ1) is 9.74. The van der Waals surface area contributed by atoms with Crippen molar-refractivity contribution in [3.8, 4) is 0 Å². The fourth-order valence-electron chi connectivity index (χ4n) is 2.63. The van der Waals surface area contributed by atoms with Gasteiger partial charge in [0.15, 0.2) is 0 Å². The monoisotopic (exact) mass is 301 g/mol. The van der Waals surface area contributed by atoms with Crippen LogP contribution in [-0.4, -0.2) is 22.3 Å². The van der Waals surface area contributed by atoms with Crippen molar-refractivity contribution in [3.05, 3.63) is 42.5 Å². The Morgan fingerprint density at radius 2 is 1.80 bits per heavy atom. The molecular weight excluding hydrogens is 282 g/mol. The number of hydrogen-bond acceptors (Lipinski definition) is 2. The predicted molar refractivity (Wildman–Crippen MR) is 92.4 cm³/mol. The second-order valence-electron chi connectivity index (χ2n) is 5.51. The molecule has 0 radical (unpaired) electrons. The summed E-state index contributed by atoms with van der Waals surface area (Å²) in [7, 11) is 0. The van der Waals surface area contributed by atoms with Crippen molar-refractivity contribution < 1.29 is 0 Å². The minimum Gasteiger partial charge on any atom is -0.357 e. The van der Waals surface area contributed by atoms with Crippen LogP contribution in [0.2, 0.25) is 0 Å². The Labute approximate surface area is 130 Å². The lowest BCUT2D eigenvalue weighted by molar-refractivity contribution is 0.287. The quantitative estimate of drug-likeness (QED) is 0.542. The summed E-state index contributed by atoms with van der Waals surface area (Å²) in [6, 6.07) is 15.0. The van der Waals surface area contributed by atoms with Crippen molar-refractivity contribution in [2.45, 2.75) is 24.7 Å². The molecule has 0 atom stereocenters. The van der Waals surface area contributed by atoms with Crippen LogP contribution in [0.3, 0.4) is 0 Å². The molecule has 0 aliphatic carbocycles. The minimum atomic E-state index is 0.844. The highest BCUT2D eigenvalue weighted by Crippen LogP contribution is 2.31. The van der Waals surface area contributed by atoms with Gasteiger partial charge in [-0.15, -0.1) is 0 Å². The van der Waals surface area contributed by atoms with Gasteiger partial charge in [-0.05, 0) is 35.6 Å². The molecule has 0 spiro atoms. The Hall–Kier alpha value is -1.06. The molecular formula is C17H19NS2. The van der Waals surface area contributed by atoms with Crippen molar-refractivity contribution in [3.63, 3.8) is 0 Å². The van der Waals surface area contributed by atoms with Gasteiger partial charge >= 0.3 is 0 Å². The lowest BCUT2D eigenvalue weighted by Crippen LogP contribution is -2.35. The molecule has 0 amide bonds. The van der Waals surface area contributed by atoms with Crippen molar-refractivity contribution in [1.82, 2.24) is 4.90 Å². The first kappa shape index (κ1) is 13.9. The molecule has 2 aromatic carbocycles. The van der Waals surface area contributed by atoms with E-state index < -0.39 is 0 Å². The van der Waals surface area contributed by atoms with Gasteiger partial charge in [0.2, 0.25) is 0 Å². The van der Waals surface area contributed by atoms with Gasteiger partial charge < -0.3 is 4.90 Å². The van der Waals surface area contributed by atoms with E-state index in [4.69, 9.17) is 12.2 Å². The van der Waals surface area contributed by atoms with Crippen LogP contribution in [0.1, 0.15) is 19.8 Å². The van der Waals surface area contributed by atoms with E-state index in [1.165, 1.54) is 28.5 Å². The van der Waals surface area contributed by atoms with E-state index in [0.717, 1.165) is 23.3 Å². The van der Waals surface area contributed by atoms with Crippen LogP contribution >= 0.6 is 24.0 Å². The smallest absolute Gasteiger partial charge is 0.141 e. The molecule has 1 aliphatic heterocycles. The predicted octanol–water partition coefficient (Wildman–Crippen LogP) is 4.95. The van der Waals surface area contributed by atoms with Crippen LogP contribution in [0, 0.1) is 5.92 Å². The highest BCUT2D eigenvalue weighted by atomic mass is 32.2. The zero-order chi connectivity index (χ0) is 13.9. The van der Waals surface area contributed by atoms with E-state index >= 15 is 0 Å². The zero-order valence-corrected chi connectivity index (χ0v) is 13.3. The fourth-order valence-corrected chi connectivity index (χ4v) is 4.03. The number of benzene rings is 2. The van der Waals surface area contributed by atoms with Crippen molar-refractivity contribution in [2.24, 2.45) is 5.92 Å². The summed E-state index contributed by atoms with van der Waals surface area (Å²) in [6.07, 6.45) is 2.52. The molecule has 0 aromatic heterocycles. The second-order valence-corrected chi connectivity index (χ2v) is 7.19. The number of thioether (sulfide) groups is 1. The second kappa shape index (κ2) is 6.15. The number of piperidine rings is 1. The van der Waals surface area contributed by atoms with Crippen LogP contribution in [-0.2, 0) is 0 Å². The minimum absolute atomic E-state index is 0.844. The van der Waals surface area contributed by atoms with E-state index in [1.807, 2.05) is 0 Å². The lowest BCUT2D eigenvalue weighted by atomic mass is 10.00. The highest BCUT2D eigenvalue weighted by molar-refractivity contribution is 8.23. The van der Waals surface area contributed by atoms with Gasteiger partial charge in [-0.25, -0.2) is 0 Å². The molecule has 3 heteroatoms. The molecule has 2 aromatic rings. The maximum Gasteiger partial charge on any atom is 0.141 e. The van der Waals surface area contributed by atoms with Gasteiger partial charge in [-0.3, -0.25) is 0 Å². The summed E-state index contributed by atoms with van der Waals surface area (Å²) in [5.74, 6) is 0.844. The summed E-state index contributed by atoms with van der Waals surface area (Å²) in [4.78, 5) is 3.63. The summed E-state index contributed by atoms with van der Waals surface area (Å²) in [5.41, 5.74) is 0. The normalized spacial score (nSPS) is 16.6. The van der Waals surface area contributed by atoms with Crippen LogP contribution < -0.4 is 0 Å². The average Bonchev–Trinajstić information content (AvgIpc) is 2.48. The summed E-state index contributed by atoms with van der Waals surface area (Å²) >= 11 is 7.38. The summed E-state index contributed by atoms with van der Waals surface area (Å²) < 4.78 is 1.02. The molecule has 1 fully saturated rings. The molecule has 0 N–H and O–H groups in total. The van der Waals surface area contributed by atoms with Crippen LogP contribution in [0.4, 0.5) is 0 Å². The molecule has 1 nitrogen and oxygen atoms in total. The van der Waals surface area contributed by atoms with E-state index in [1.54, 1.807) is 11.8 Å². The first-order valence-corrected chi connectivity index (χ1v) is 8.41. The van der Waals surface area contributed by atoms with Crippen LogP contribution in [0.5, 0.6) is 0 Å². The van der Waals surface area contributed by atoms with Gasteiger partial charge in [-0.2, -0.15) is 0 Å². The molecule has 1 heterocycles. The molecule has 3 rings (SSSR count). The largest absolute Gasteiger partial charge is 0.357 e. The number of nitrogens with zero attached hydrogens (tertiary/aromatic N) is 1. The number of hydrogen-bond donors (Lipinski definition) is 0. The molecule has 20 heavy (non-hydrogen) atoms. The van der Waals surface area contributed by atoms with Gasteiger partial charge in [0.25, 0.3) is 0 Å². The Balaban J connectivity index is 1.77. The maximum atomic E-state index is 5.65. The van der Waals surface area contributed by atoms with Gasteiger partial charge in [0, 0.05) is 18.0 Å². The van der Waals surface area contributed by atoms with Gasteiger partial charge in [0.05, 0.1) is 0 Å². The maximum absolute atomic E-state index is 5.65. The third-order valence-corrected chi connectivity index (χ3v) is 5.51. The lowest BCUT2D eigenvalue weighted by Gasteiger charge is -2.31. The van der Waals surface area contributed by atoms with Gasteiger partial charge in [-0.1, -0.05) is 67.3 Å². The molecule has 1 saturated heterocycles. The van der Waals surface area contributed by atoms with Crippen molar-refractivity contribution in [2.75, 3.05) is 13.1 Å². The molecule has 104 valence electrons. The Morgan fingerprint density at radius 3 is 2.60 bits per heavy atom. The average molecular weight is 301 g/mol. The standard InChI is InChI=1S/C17H19NS2/c1-13-9-11-18(12-10-13)17(19)20-16-8-4-6-14-5-2-3-7-15(14)16/h2-8,13H,9-12H2,1H3. The SMILES string of the molecule is CC1CCN(C(=S)Sc2cccc3ccccc23)CC1. The summed E-state index contributed by atoms with van der Waals surface area (Å²) in [5, 5.41) is 2.58. The Bertz CT molecular complexity index is 610. The molecule has 0 unspecified atom stereocenters. The third-order valence-electron chi connectivity index (χ3n) is 3.99. The number of likely N-dealkylation sites (tertiary alicyclic amines) is 1. The molecule has 1 aliphatic rings.